The number of carbonyl (C=O) groups is 1. The average Bonchev–Trinajstić information content (AvgIpc) is 2.60. The lowest BCUT2D eigenvalue weighted by atomic mass is 10.1. The highest BCUT2D eigenvalue weighted by Crippen LogP contribution is 2.24. The highest BCUT2D eigenvalue weighted by molar-refractivity contribution is 5.76. The molecule has 3 nitrogen and oxygen atoms in total. The summed E-state index contributed by atoms with van der Waals surface area (Å²) in [5.74, 6) is 0.950. The third-order valence-electron chi connectivity index (χ3n) is 3.24. The van der Waals surface area contributed by atoms with E-state index in [9.17, 15) is 4.79 Å². The fourth-order valence-corrected chi connectivity index (χ4v) is 2.09. The third kappa shape index (κ3) is 4.65. The number of carbonyl (C=O) groups excluding carboxylic acids is 1. The number of hydrogen-bond donors (Lipinski definition) is 1. The summed E-state index contributed by atoms with van der Waals surface area (Å²) >= 11 is 0. The maximum absolute atomic E-state index is 11.6. The Labute approximate surface area is 92.6 Å². The van der Waals surface area contributed by atoms with E-state index in [1.807, 2.05) is 6.92 Å². The van der Waals surface area contributed by atoms with Gasteiger partial charge in [0, 0.05) is 19.6 Å². The van der Waals surface area contributed by atoms with Gasteiger partial charge in [0.25, 0.3) is 0 Å². The Morgan fingerprint density at radius 2 is 2.27 bits per heavy atom. The van der Waals surface area contributed by atoms with Crippen molar-refractivity contribution in [3.8, 4) is 0 Å². The molecule has 1 saturated carbocycles. The maximum atomic E-state index is 11.6. The third-order valence-corrected chi connectivity index (χ3v) is 3.24. The van der Waals surface area contributed by atoms with Crippen LogP contribution in [0.4, 0.5) is 0 Å². The Bertz CT molecular complexity index is 206. The van der Waals surface area contributed by atoms with E-state index < -0.39 is 0 Å². The fraction of sp³-hybridized carbons (Fsp3) is 0.917. The van der Waals surface area contributed by atoms with Gasteiger partial charge >= 0.3 is 0 Å². The quantitative estimate of drug-likeness (QED) is 0.759. The molecule has 0 radical (unpaired) electrons. The molecule has 1 aliphatic rings. The van der Waals surface area contributed by atoms with Gasteiger partial charge in [0.2, 0.25) is 5.91 Å². The first-order valence-corrected chi connectivity index (χ1v) is 5.94. The summed E-state index contributed by atoms with van der Waals surface area (Å²) in [6, 6.07) is 0.422. The lowest BCUT2D eigenvalue weighted by Crippen LogP contribution is -2.33. The van der Waals surface area contributed by atoms with E-state index in [1.54, 1.807) is 7.11 Å². The first kappa shape index (κ1) is 12.5. The Kier molecular flexibility index (Phi) is 5.09. The van der Waals surface area contributed by atoms with E-state index in [0.717, 1.165) is 25.2 Å². The molecule has 3 atom stereocenters. The molecule has 0 spiro atoms. The van der Waals surface area contributed by atoms with Crippen molar-refractivity contribution in [3.63, 3.8) is 0 Å². The van der Waals surface area contributed by atoms with Crippen LogP contribution in [0.1, 0.15) is 46.0 Å². The van der Waals surface area contributed by atoms with Crippen LogP contribution in [0.3, 0.4) is 0 Å². The molecule has 1 rings (SSSR count). The molecule has 0 aromatic heterocycles. The molecule has 0 aromatic carbocycles. The van der Waals surface area contributed by atoms with Crippen molar-refractivity contribution in [1.82, 2.24) is 5.32 Å². The van der Waals surface area contributed by atoms with Crippen LogP contribution in [0.5, 0.6) is 0 Å². The van der Waals surface area contributed by atoms with Gasteiger partial charge < -0.3 is 10.1 Å². The molecular formula is C12H23NO2. The Balaban J connectivity index is 2.13. The summed E-state index contributed by atoms with van der Waals surface area (Å²) in [4.78, 5) is 11.6. The Hall–Kier alpha value is -0.570. The monoisotopic (exact) mass is 213 g/mol. The van der Waals surface area contributed by atoms with Crippen molar-refractivity contribution >= 4 is 5.91 Å². The molecule has 1 amide bonds. The molecule has 0 saturated heterocycles. The minimum absolute atomic E-state index is 0.179. The topological polar surface area (TPSA) is 38.3 Å². The van der Waals surface area contributed by atoms with Crippen LogP contribution >= 0.6 is 0 Å². The number of hydrogen-bond acceptors (Lipinski definition) is 2. The van der Waals surface area contributed by atoms with Crippen LogP contribution in [-0.4, -0.2) is 25.2 Å². The zero-order valence-electron chi connectivity index (χ0n) is 10.1. The van der Waals surface area contributed by atoms with Crippen LogP contribution in [0.25, 0.3) is 0 Å². The van der Waals surface area contributed by atoms with E-state index in [0.29, 0.717) is 12.5 Å². The van der Waals surface area contributed by atoms with Crippen molar-refractivity contribution in [2.45, 2.75) is 58.1 Å². The van der Waals surface area contributed by atoms with Crippen LogP contribution in [0, 0.1) is 5.92 Å². The molecular weight excluding hydrogens is 190 g/mol. The molecule has 0 heterocycles. The largest absolute Gasteiger partial charge is 0.382 e. The van der Waals surface area contributed by atoms with Crippen LogP contribution < -0.4 is 5.32 Å². The second-order valence-corrected chi connectivity index (χ2v) is 4.77. The maximum Gasteiger partial charge on any atom is 0.220 e. The van der Waals surface area contributed by atoms with Crippen molar-refractivity contribution in [2.24, 2.45) is 5.92 Å². The standard InChI is InChI=1S/C12H23NO2/c1-9-4-6-11(8-9)13-12(14)7-5-10(2)15-3/h9-11H,4-8H2,1-3H3,(H,13,14). The predicted octanol–water partition coefficient (Wildman–Crippen LogP) is 2.11. The van der Waals surface area contributed by atoms with Crippen LogP contribution in [0.15, 0.2) is 0 Å². The highest BCUT2D eigenvalue weighted by atomic mass is 16.5. The number of amides is 1. The van der Waals surface area contributed by atoms with Crippen LogP contribution in [0.2, 0.25) is 0 Å². The van der Waals surface area contributed by atoms with E-state index in [2.05, 4.69) is 12.2 Å². The zero-order chi connectivity index (χ0) is 11.3. The van der Waals surface area contributed by atoms with Gasteiger partial charge in [-0.05, 0) is 38.5 Å². The van der Waals surface area contributed by atoms with Gasteiger partial charge in [-0.15, -0.1) is 0 Å². The molecule has 0 bridgehead atoms. The first-order valence-electron chi connectivity index (χ1n) is 5.94. The summed E-state index contributed by atoms with van der Waals surface area (Å²) in [5, 5.41) is 3.09. The van der Waals surface area contributed by atoms with Gasteiger partial charge in [0.1, 0.15) is 0 Å². The number of rotatable bonds is 5. The van der Waals surface area contributed by atoms with Gasteiger partial charge in [-0.3, -0.25) is 4.79 Å². The van der Waals surface area contributed by atoms with Crippen LogP contribution in [-0.2, 0) is 9.53 Å². The second kappa shape index (κ2) is 6.11. The summed E-state index contributed by atoms with van der Waals surface area (Å²) in [5.41, 5.74) is 0. The molecule has 1 fully saturated rings. The zero-order valence-corrected chi connectivity index (χ0v) is 10.1. The van der Waals surface area contributed by atoms with Crippen molar-refractivity contribution in [3.05, 3.63) is 0 Å². The van der Waals surface area contributed by atoms with Crippen molar-refractivity contribution in [1.29, 1.82) is 0 Å². The smallest absolute Gasteiger partial charge is 0.220 e. The summed E-state index contributed by atoms with van der Waals surface area (Å²) in [7, 11) is 1.68. The molecule has 88 valence electrons. The highest BCUT2D eigenvalue weighted by Gasteiger charge is 2.22. The van der Waals surface area contributed by atoms with E-state index in [4.69, 9.17) is 4.74 Å². The molecule has 0 aromatic rings. The van der Waals surface area contributed by atoms with E-state index >= 15 is 0 Å². The van der Waals surface area contributed by atoms with E-state index in [1.165, 1.54) is 6.42 Å². The molecule has 15 heavy (non-hydrogen) atoms. The fourth-order valence-electron chi connectivity index (χ4n) is 2.09. The normalized spacial score (nSPS) is 27.7. The van der Waals surface area contributed by atoms with Gasteiger partial charge in [-0.2, -0.15) is 0 Å². The predicted molar refractivity (Wildman–Crippen MR) is 60.7 cm³/mol. The average molecular weight is 213 g/mol. The van der Waals surface area contributed by atoms with Crippen molar-refractivity contribution < 1.29 is 9.53 Å². The van der Waals surface area contributed by atoms with Gasteiger partial charge in [-0.1, -0.05) is 6.92 Å². The van der Waals surface area contributed by atoms with E-state index in [-0.39, 0.29) is 12.0 Å². The molecule has 3 unspecified atom stereocenters. The Morgan fingerprint density at radius 1 is 1.53 bits per heavy atom. The minimum Gasteiger partial charge on any atom is -0.382 e. The number of ether oxygens (including phenoxy) is 1. The lowest BCUT2D eigenvalue weighted by Gasteiger charge is -2.13. The minimum atomic E-state index is 0.179. The Morgan fingerprint density at radius 3 is 2.80 bits per heavy atom. The summed E-state index contributed by atoms with van der Waals surface area (Å²) < 4.78 is 5.11. The molecule has 1 N–H and O–H groups in total. The summed E-state index contributed by atoms with van der Waals surface area (Å²) in [6.45, 7) is 4.24. The molecule has 3 heteroatoms. The lowest BCUT2D eigenvalue weighted by molar-refractivity contribution is -0.122. The van der Waals surface area contributed by atoms with Gasteiger partial charge in [0.15, 0.2) is 0 Å². The van der Waals surface area contributed by atoms with Gasteiger partial charge in [-0.25, -0.2) is 0 Å². The second-order valence-electron chi connectivity index (χ2n) is 4.77. The first-order chi connectivity index (χ1) is 7.11. The molecule has 0 aliphatic heterocycles. The number of methoxy groups -OCH3 is 1. The number of nitrogens with one attached hydrogen (secondary N) is 1. The SMILES string of the molecule is COC(C)CCC(=O)NC1CCC(C)C1. The van der Waals surface area contributed by atoms with Crippen molar-refractivity contribution in [2.75, 3.05) is 7.11 Å². The molecule has 1 aliphatic carbocycles. The summed E-state index contributed by atoms with van der Waals surface area (Å²) in [6.07, 6.45) is 5.11. The van der Waals surface area contributed by atoms with Gasteiger partial charge in [0.05, 0.1) is 6.10 Å².